The highest BCUT2D eigenvalue weighted by molar-refractivity contribution is 14.0. The van der Waals surface area contributed by atoms with E-state index in [1.54, 1.807) is 55.6 Å². The topological polar surface area (TPSA) is 88.7 Å². The zero-order chi connectivity index (χ0) is 17.4. The number of halogens is 1. The summed E-state index contributed by atoms with van der Waals surface area (Å²) >= 11 is 0. The fraction of sp³-hybridized carbons (Fsp3) is 0.111. The molecule has 2 rings (SSSR count). The summed E-state index contributed by atoms with van der Waals surface area (Å²) in [6.45, 7) is -0.102. The highest BCUT2D eigenvalue weighted by Crippen LogP contribution is 2.14. The quantitative estimate of drug-likeness (QED) is 0.283. The van der Waals surface area contributed by atoms with Gasteiger partial charge in [0.1, 0.15) is 12.3 Å². The zero-order valence-corrected chi connectivity index (χ0v) is 16.0. The third-order valence-electron chi connectivity index (χ3n) is 3.07. The van der Waals surface area contributed by atoms with E-state index < -0.39 is 0 Å². The molecule has 0 unspecified atom stereocenters. The molecule has 7 heteroatoms. The molecule has 0 atom stereocenters. The monoisotopic (exact) mass is 450 g/mol. The van der Waals surface area contributed by atoms with Crippen molar-refractivity contribution in [2.75, 3.05) is 24.3 Å². The molecule has 25 heavy (non-hydrogen) atoms. The van der Waals surface area contributed by atoms with Crippen LogP contribution in [0.4, 0.5) is 11.4 Å². The summed E-state index contributed by atoms with van der Waals surface area (Å²) in [6.07, 6.45) is 5.32. The van der Waals surface area contributed by atoms with E-state index in [2.05, 4.69) is 21.5 Å². The summed E-state index contributed by atoms with van der Waals surface area (Å²) in [5.41, 5.74) is 7.82. The van der Waals surface area contributed by atoms with Gasteiger partial charge in [0.15, 0.2) is 5.96 Å². The largest absolute Gasteiger partial charge is 0.497 e. The van der Waals surface area contributed by atoms with Crippen molar-refractivity contribution in [3.63, 3.8) is 0 Å². The lowest BCUT2D eigenvalue weighted by Gasteiger charge is -2.07. The molecule has 4 N–H and O–H groups in total. The maximum absolute atomic E-state index is 11.9. The van der Waals surface area contributed by atoms with Crippen LogP contribution in [0.5, 0.6) is 5.75 Å². The smallest absolute Gasteiger partial charge is 0.246 e. The van der Waals surface area contributed by atoms with Crippen molar-refractivity contribution in [1.82, 2.24) is 0 Å². The summed E-state index contributed by atoms with van der Waals surface area (Å²) in [5.74, 6) is 3.11. The van der Waals surface area contributed by atoms with Crippen molar-refractivity contribution in [2.45, 2.75) is 0 Å². The van der Waals surface area contributed by atoms with Crippen molar-refractivity contribution in [1.29, 1.82) is 0 Å². The summed E-state index contributed by atoms with van der Waals surface area (Å²) in [7, 11) is 1.59. The van der Waals surface area contributed by atoms with Crippen LogP contribution >= 0.6 is 24.0 Å². The summed E-state index contributed by atoms with van der Waals surface area (Å²) in [4.78, 5) is 15.9. The highest BCUT2D eigenvalue weighted by atomic mass is 127. The van der Waals surface area contributed by atoms with E-state index in [4.69, 9.17) is 16.9 Å². The number of methoxy groups -OCH3 is 1. The lowest BCUT2D eigenvalue weighted by molar-refractivity contribution is -0.114. The molecule has 1 amide bonds. The summed E-state index contributed by atoms with van der Waals surface area (Å²) in [6, 6.07) is 14.2. The molecule has 0 saturated carbocycles. The van der Waals surface area contributed by atoms with Crippen LogP contribution < -0.4 is 21.1 Å². The van der Waals surface area contributed by atoms with Gasteiger partial charge in [-0.1, -0.05) is 12.0 Å². The van der Waals surface area contributed by atoms with E-state index in [1.165, 1.54) is 0 Å². The first-order chi connectivity index (χ1) is 11.6. The van der Waals surface area contributed by atoms with Gasteiger partial charge in [-0.2, -0.15) is 0 Å². The average Bonchev–Trinajstić information content (AvgIpc) is 2.61. The predicted octanol–water partition coefficient (Wildman–Crippen LogP) is 2.66. The normalized spacial score (nSPS) is 10.2. The number of nitrogens with zero attached hydrogens (tertiary/aromatic N) is 1. The Hall–Kier alpha value is -2.73. The van der Waals surface area contributed by atoms with Gasteiger partial charge in [-0.15, -0.1) is 30.4 Å². The molecule has 0 spiro atoms. The van der Waals surface area contributed by atoms with E-state index in [1.807, 2.05) is 0 Å². The molecule has 0 saturated heterocycles. The highest BCUT2D eigenvalue weighted by Gasteiger charge is 2.03. The number of hydrogen-bond acceptors (Lipinski definition) is 3. The lowest BCUT2D eigenvalue weighted by Crippen LogP contribution is -2.25. The van der Waals surface area contributed by atoms with Crippen molar-refractivity contribution in [2.24, 2.45) is 10.7 Å². The van der Waals surface area contributed by atoms with E-state index in [0.29, 0.717) is 11.3 Å². The third-order valence-corrected chi connectivity index (χ3v) is 3.07. The second kappa shape index (κ2) is 10.2. The molecule has 0 fully saturated rings. The Morgan fingerprint density at radius 2 is 1.92 bits per heavy atom. The van der Waals surface area contributed by atoms with Gasteiger partial charge in [-0.25, -0.2) is 4.99 Å². The first-order valence-electron chi connectivity index (χ1n) is 7.18. The first kappa shape index (κ1) is 20.3. The minimum absolute atomic E-state index is 0. The number of benzene rings is 2. The molecule has 0 aromatic heterocycles. The second-order valence-corrected chi connectivity index (χ2v) is 4.83. The van der Waals surface area contributed by atoms with Crippen molar-refractivity contribution in [3.05, 3.63) is 54.1 Å². The molecule has 2 aromatic carbocycles. The minimum Gasteiger partial charge on any atom is -0.497 e. The number of terminal acetylenes is 1. The van der Waals surface area contributed by atoms with Gasteiger partial charge in [0.05, 0.1) is 7.11 Å². The van der Waals surface area contributed by atoms with Crippen molar-refractivity contribution >= 4 is 47.2 Å². The van der Waals surface area contributed by atoms with E-state index in [0.717, 1.165) is 11.4 Å². The molecule has 2 aromatic rings. The minimum atomic E-state index is -0.288. The van der Waals surface area contributed by atoms with Crippen molar-refractivity contribution < 1.29 is 9.53 Å². The molecular formula is C18H19IN4O2. The van der Waals surface area contributed by atoms with Crippen LogP contribution in [0.2, 0.25) is 0 Å². The van der Waals surface area contributed by atoms with Gasteiger partial charge in [-0.3, -0.25) is 4.79 Å². The fourth-order valence-electron chi connectivity index (χ4n) is 1.91. The summed E-state index contributed by atoms with van der Waals surface area (Å²) < 4.78 is 5.07. The molecular weight excluding hydrogens is 431 g/mol. The zero-order valence-electron chi connectivity index (χ0n) is 13.7. The van der Waals surface area contributed by atoms with Gasteiger partial charge >= 0.3 is 0 Å². The number of nitrogens with one attached hydrogen (secondary N) is 2. The third kappa shape index (κ3) is 6.73. The maximum atomic E-state index is 11.9. The van der Waals surface area contributed by atoms with E-state index in [9.17, 15) is 4.79 Å². The number of nitrogens with two attached hydrogens (primary N) is 1. The van der Waals surface area contributed by atoms with Crippen LogP contribution in [-0.4, -0.2) is 25.5 Å². The number of aliphatic imine (C=N–C) groups is 1. The second-order valence-electron chi connectivity index (χ2n) is 4.83. The molecule has 0 aliphatic rings. The molecule has 130 valence electrons. The number of amides is 1. The number of carbonyl (C=O) groups is 1. The number of guanidine groups is 1. The Labute approximate surface area is 163 Å². The van der Waals surface area contributed by atoms with Crippen LogP contribution in [0, 0.1) is 12.3 Å². The fourth-order valence-corrected chi connectivity index (χ4v) is 1.91. The van der Waals surface area contributed by atoms with Crippen molar-refractivity contribution in [3.8, 4) is 18.1 Å². The number of rotatable bonds is 5. The predicted molar refractivity (Wildman–Crippen MR) is 112 cm³/mol. The Morgan fingerprint density at radius 1 is 1.20 bits per heavy atom. The van der Waals surface area contributed by atoms with E-state index >= 15 is 0 Å². The van der Waals surface area contributed by atoms with Gasteiger partial charge in [-0.05, 0) is 42.5 Å². The van der Waals surface area contributed by atoms with Crippen LogP contribution in [0.1, 0.15) is 5.56 Å². The van der Waals surface area contributed by atoms with Gasteiger partial charge in [0, 0.05) is 16.9 Å². The standard InChI is InChI=1S/C18H18N4O2.HI/c1-3-13-5-4-6-15(11-13)21-17(23)12-20-18(19)22-14-7-9-16(24-2)10-8-14;/h1,4-11H,12H2,2H3,(H,21,23)(H3,19,20,22);1H. The van der Waals surface area contributed by atoms with Crippen LogP contribution in [0.15, 0.2) is 53.5 Å². The Morgan fingerprint density at radius 3 is 2.56 bits per heavy atom. The molecule has 0 radical (unpaired) electrons. The molecule has 0 aliphatic carbocycles. The maximum Gasteiger partial charge on any atom is 0.246 e. The van der Waals surface area contributed by atoms with Gasteiger partial charge < -0.3 is 21.1 Å². The van der Waals surface area contributed by atoms with Crippen LogP contribution in [0.3, 0.4) is 0 Å². The van der Waals surface area contributed by atoms with E-state index in [-0.39, 0.29) is 42.4 Å². The number of anilines is 2. The Kier molecular flexibility index (Phi) is 8.29. The number of carbonyl (C=O) groups excluding carboxylic acids is 1. The van der Waals surface area contributed by atoms with Gasteiger partial charge in [0.2, 0.25) is 5.91 Å². The SMILES string of the molecule is C#Cc1cccc(NC(=O)CN=C(N)Nc2ccc(OC)cc2)c1.I. The lowest BCUT2D eigenvalue weighted by atomic mass is 10.2. The Bertz CT molecular complexity index is 782. The number of hydrogen-bond donors (Lipinski definition) is 3. The molecule has 6 nitrogen and oxygen atoms in total. The first-order valence-corrected chi connectivity index (χ1v) is 7.18. The molecule has 0 heterocycles. The number of ether oxygens (including phenoxy) is 1. The van der Waals surface area contributed by atoms with Crippen LogP contribution in [-0.2, 0) is 4.79 Å². The van der Waals surface area contributed by atoms with Crippen LogP contribution in [0.25, 0.3) is 0 Å². The van der Waals surface area contributed by atoms with Gasteiger partial charge in [0.25, 0.3) is 0 Å². The summed E-state index contributed by atoms with van der Waals surface area (Å²) in [5, 5.41) is 5.61. The molecule has 0 aliphatic heterocycles. The molecule has 0 bridgehead atoms. The Balaban J connectivity index is 0.00000312. The average molecular weight is 450 g/mol.